The van der Waals surface area contributed by atoms with E-state index in [1.54, 1.807) is 12.1 Å². The highest BCUT2D eigenvalue weighted by atomic mass is 35.5. The molecule has 2 N–H and O–H groups in total. The summed E-state index contributed by atoms with van der Waals surface area (Å²) in [5, 5.41) is 13.9. The monoisotopic (exact) mass is 391 g/mol. The maximum absolute atomic E-state index is 12.9. The van der Waals surface area contributed by atoms with Crippen molar-refractivity contribution in [2.24, 2.45) is 0 Å². The number of methoxy groups -OCH3 is 3. The lowest BCUT2D eigenvalue weighted by molar-refractivity contribution is -0.133. The molecule has 0 aliphatic carbocycles. The lowest BCUT2D eigenvalue weighted by Crippen LogP contribution is -2.36. The summed E-state index contributed by atoms with van der Waals surface area (Å²) >= 11 is 5.98. The summed E-state index contributed by atoms with van der Waals surface area (Å²) in [5.74, 6) is -0.218. The number of hydrogen-bond donors (Lipinski definition) is 2. The molecule has 1 aliphatic heterocycles. The van der Waals surface area contributed by atoms with Crippen molar-refractivity contribution in [2.45, 2.75) is 12.0 Å². The van der Waals surface area contributed by atoms with Crippen LogP contribution in [0, 0.1) is 0 Å². The Morgan fingerprint density at radius 2 is 1.74 bits per heavy atom. The molecule has 1 amide bonds. The molecule has 1 atom stereocenters. The van der Waals surface area contributed by atoms with Crippen molar-refractivity contribution in [1.29, 1.82) is 0 Å². The van der Waals surface area contributed by atoms with Crippen molar-refractivity contribution in [3.63, 3.8) is 0 Å². The fourth-order valence-electron chi connectivity index (χ4n) is 3.07. The summed E-state index contributed by atoms with van der Waals surface area (Å²) in [4.78, 5) is 25.2. The van der Waals surface area contributed by atoms with Gasteiger partial charge >= 0.3 is 0 Å². The normalized spacial score (nSPS) is 17.9. The molecule has 1 heterocycles. The van der Waals surface area contributed by atoms with Gasteiger partial charge in [-0.1, -0.05) is 11.6 Å². The van der Waals surface area contributed by atoms with Gasteiger partial charge < -0.3 is 24.6 Å². The lowest BCUT2D eigenvalue weighted by atomic mass is 9.88. The average Bonchev–Trinajstić information content (AvgIpc) is 2.90. The van der Waals surface area contributed by atoms with Crippen molar-refractivity contribution >= 4 is 29.0 Å². The molecule has 8 heteroatoms. The number of halogens is 1. The van der Waals surface area contributed by atoms with E-state index < -0.39 is 23.7 Å². The van der Waals surface area contributed by atoms with E-state index in [2.05, 4.69) is 5.32 Å². The molecule has 0 aromatic heterocycles. The van der Waals surface area contributed by atoms with Gasteiger partial charge in [0.15, 0.2) is 22.9 Å². The van der Waals surface area contributed by atoms with Crippen molar-refractivity contribution in [1.82, 2.24) is 0 Å². The molecule has 2 aromatic rings. The molecule has 0 radical (unpaired) electrons. The molecule has 1 aliphatic rings. The Bertz CT molecular complexity index is 903. The molecule has 3 rings (SSSR count). The number of anilines is 1. The first-order valence-corrected chi connectivity index (χ1v) is 8.39. The first kappa shape index (κ1) is 19.0. The quantitative estimate of drug-likeness (QED) is 0.735. The Kier molecular flexibility index (Phi) is 4.99. The molecule has 0 fully saturated rings. The van der Waals surface area contributed by atoms with E-state index in [4.69, 9.17) is 25.8 Å². The topological polar surface area (TPSA) is 94.1 Å². The first-order chi connectivity index (χ1) is 12.8. The van der Waals surface area contributed by atoms with Crippen LogP contribution in [0.1, 0.15) is 22.3 Å². The number of rotatable bonds is 6. The number of carbonyl (C=O) groups excluding carboxylic acids is 2. The Balaban J connectivity index is 1.99. The molecular formula is C19H18ClNO6. The van der Waals surface area contributed by atoms with Gasteiger partial charge in [0, 0.05) is 21.8 Å². The lowest BCUT2D eigenvalue weighted by Gasteiger charge is -2.21. The van der Waals surface area contributed by atoms with Gasteiger partial charge in [-0.2, -0.15) is 0 Å². The Morgan fingerprint density at radius 3 is 2.30 bits per heavy atom. The average molecular weight is 392 g/mol. The van der Waals surface area contributed by atoms with Gasteiger partial charge in [-0.05, 0) is 30.3 Å². The fourth-order valence-corrected chi connectivity index (χ4v) is 3.24. The number of fused-ring (bicyclic) bond motifs is 1. The zero-order chi connectivity index (χ0) is 19.8. The number of ketones is 1. The van der Waals surface area contributed by atoms with Crippen LogP contribution in [0.4, 0.5) is 5.69 Å². The first-order valence-electron chi connectivity index (χ1n) is 8.01. The number of hydrogen-bond acceptors (Lipinski definition) is 6. The summed E-state index contributed by atoms with van der Waals surface area (Å²) in [6.07, 6.45) is -0.467. The number of ether oxygens (including phenoxy) is 3. The second kappa shape index (κ2) is 7.09. The van der Waals surface area contributed by atoms with Gasteiger partial charge in [0.1, 0.15) is 0 Å². The zero-order valence-corrected chi connectivity index (χ0v) is 15.7. The van der Waals surface area contributed by atoms with Gasteiger partial charge in [-0.3, -0.25) is 9.59 Å². The molecule has 0 spiro atoms. The van der Waals surface area contributed by atoms with Gasteiger partial charge in [-0.15, -0.1) is 0 Å². The number of benzene rings is 2. The van der Waals surface area contributed by atoms with Gasteiger partial charge in [0.05, 0.1) is 27.8 Å². The van der Waals surface area contributed by atoms with Crippen LogP contribution in [-0.4, -0.2) is 38.1 Å². The van der Waals surface area contributed by atoms with Crippen molar-refractivity contribution in [3.8, 4) is 17.2 Å². The smallest absolute Gasteiger partial charge is 0.261 e. The van der Waals surface area contributed by atoms with Gasteiger partial charge in [0.25, 0.3) is 5.91 Å². The van der Waals surface area contributed by atoms with E-state index in [-0.39, 0.29) is 11.1 Å². The Labute approximate surface area is 160 Å². The van der Waals surface area contributed by atoms with Crippen molar-refractivity contribution in [2.75, 3.05) is 26.6 Å². The molecule has 7 nitrogen and oxygen atoms in total. The van der Waals surface area contributed by atoms with Gasteiger partial charge in [-0.25, -0.2) is 0 Å². The summed E-state index contributed by atoms with van der Waals surface area (Å²) in [6, 6.07) is 7.58. The van der Waals surface area contributed by atoms with Crippen LogP contribution in [0.15, 0.2) is 30.3 Å². The minimum absolute atomic E-state index is 0.209. The molecule has 2 aromatic carbocycles. The van der Waals surface area contributed by atoms with Crippen LogP contribution in [0.25, 0.3) is 0 Å². The van der Waals surface area contributed by atoms with Crippen LogP contribution < -0.4 is 19.5 Å². The highest BCUT2D eigenvalue weighted by molar-refractivity contribution is 6.31. The predicted molar refractivity (Wildman–Crippen MR) is 99.0 cm³/mol. The molecule has 0 saturated heterocycles. The maximum Gasteiger partial charge on any atom is 0.261 e. The standard InChI is InChI=1S/C19H18ClNO6/c1-25-15-6-10(7-16(26-2)17(15)27-3)14(22)9-19(24)12-8-11(20)4-5-13(12)21-18(19)23/h4-8,24H,9H2,1-3H3,(H,21,23). The van der Waals surface area contributed by atoms with Crippen LogP contribution in [0.5, 0.6) is 17.2 Å². The molecule has 142 valence electrons. The van der Waals surface area contributed by atoms with E-state index >= 15 is 0 Å². The Hall–Kier alpha value is -2.77. The number of nitrogens with one attached hydrogen (secondary N) is 1. The third-order valence-electron chi connectivity index (χ3n) is 4.45. The van der Waals surface area contributed by atoms with Crippen molar-refractivity contribution < 1.29 is 28.9 Å². The number of aliphatic hydroxyl groups is 1. The van der Waals surface area contributed by atoms with Crippen molar-refractivity contribution in [3.05, 3.63) is 46.5 Å². The highest BCUT2D eigenvalue weighted by Crippen LogP contribution is 2.42. The summed E-state index contributed by atoms with van der Waals surface area (Å²) in [7, 11) is 4.32. The van der Waals surface area contributed by atoms with E-state index in [0.29, 0.717) is 28.0 Å². The number of amides is 1. The fraction of sp³-hybridized carbons (Fsp3) is 0.263. The maximum atomic E-state index is 12.9. The Morgan fingerprint density at radius 1 is 1.11 bits per heavy atom. The largest absolute Gasteiger partial charge is 0.493 e. The summed E-state index contributed by atoms with van der Waals surface area (Å²) in [5.41, 5.74) is -1.12. The third-order valence-corrected chi connectivity index (χ3v) is 4.69. The van der Waals surface area contributed by atoms with E-state index in [1.807, 2.05) is 0 Å². The molecule has 0 saturated carbocycles. The zero-order valence-electron chi connectivity index (χ0n) is 15.0. The molecular weight excluding hydrogens is 374 g/mol. The molecule has 0 bridgehead atoms. The SMILES string of the molecule is COc1cc(C(=O)CC2(O)C(=O)Nc3ccc(Cl)cc32)cc(OC)c1OC. The minimum atomic E-state index is -2.02. The molecule has 27 heavy (non-hydrogen) atoms. The predicted octanol–water partition coefficient (Wildman–Crippen LogP) is 2.78. The second-order valence-corrected chi connectivity index (χ2v) is 6.45. The second-order valence-electron chi connectivity index (χ2n) is 6.02. The highest BCUT2D eigenvalue weighted by Gasteiger charge is 2.47. The van der Waals surface area contributed by atoms with Crippen LogP contribution >= 0.6 is 11.6 Å². The van der Waals surface area contributed by atoms with E-state index in [1.165, 1.54) is 39.5 Å². The van der Waals surface area contributed by atoms with Crippen LogP contribution in [0.3, 0.4) is 0 Å². The minimum Gasteiger partial charge on any atom is -0.493 e. The molecule has 1 unspecified atom stereocenters. The number of carbonyl (C=O) groups is 2. The van der Waals surface area contributed by atoms with Crippen LogP contribution in [-0.2, 0) is 10.4 Å². The van der Waals surface area contributed by atoms with E-state index in [9.17, 15) is 14.7 Å². The summed E-state index contributed by atoms with van der Waals surface area (Å²) < 4.78 is 15.7. The summed E-state index contributed by atoms with van der Waals surface area (Å²) in [6.45, 7) is 0. The number of Topliss-reactive ketones (excluding diaryl/α,β-unsaturated/α-hetero) is 1. The van der Waals surface area contributed by atoms with Crippen LogP contribution in [0.2, 0.25) is 5.02 Å². The van der Waals surface area contributed by atoms with Gasteiger partial charge in [0.2, 0.25) is 5.75 Å². The van der Waals surface area contributed by atoms with E-state index in [0.717, 1.165) is 0 Å². The third kappa shape index (κ3) is 3.20.